The summed E-state index contributed by atoms with van der Waals surface area (Å²) < 4.78 is 2.13. The summed E-state index contributed by atoms with van der Waals surface area (Å²) in [5.74, 6) is 0. The molecule has 3 nitrogen and oxygen atoms in total. The zero-order valence-corrected chi connectivity index (χ0v) is 14.3. The van der Waals surface area contributed by atoms with Gasteiger partial charge in [-0.15, -0.1) is 0 Å². The lowest BCUT2D eigenvalue weighted by Gasteiger charge is -2.09. The molecule has 0 saturated carbocycles. The Balaban J connectivity index is 1.73. The van der Waals surface area contributed by atoms with Gasteiger partial charge in [-0.1, -0.05) is 18.2 Å². The predicted octanol–water partition coefficient (Wildman–Crippen LogP) is 5.21. The van der Waals surface area contributed by atoms with E-state index < -0.39 is 0 Å². The second kappa shape index (κ2) is 6.45. The number of rotatable bonds is 4. The molecule has 2 aromatic carbocycles. The third-order valence-corrected chi connectivity index (χ3v) is 5.03. The molecule has 0 fully saturated rings. The first-order chi connectivity index (χ1) is 10.2. The molecule has 1 heterocycles. The molecular weight excluding hydrogens is 394 g/mol. The van der Waals surface area contributed by atoms with Crippen LogP contribution in [0.5, 0.6) is 0 Å². The largest absolute Gasteiger partial charge is 0.381 e. The molecule has 0 spiro atoms. The fraction of sp³-hybridized carbons (Fsp3) is 0.0625. The highest BCUT2D eigenvalue weighted by Crippen LogP contribution is 2.25. The first kappa shape index (κ1) is 14.4. The molecule has 5 heteroatoms. The predicted molar refractivity (Wildman–Crippen MR) is 93.2 cm³/mol. The Morgan fingerprint density at radius 1 is 1.00 bits per heavy atom. The first-order valence-electron chi connectivity index (χ1n) is 6.50. The highest BCUT2D eigenvalue weighted by Gasteiger charge is 2.02. The van der Waals surface area contributed by atoms with E-state index in [9.17, 15) is 0 Å². The number of nitrogens with zero attached hydrogens (tertiary/aromatic N) is 1. The minimum atomic E-state index is 0.776. The SMILES string of the molecule is Brc1ccc(CNc2cccc(-c3ccn[nH]3)c2)cc1Br. The Labute approximate surface area is 140 Å². The Morgan fingerprint density at radius 2 is 1.90 bits per heavy atom. The van der Waals surface area contributed by atoms with Crippen molar-refractivity contribution in [3.05, 3.63) is 69.2 Å². The molecule has 1 aromatic heterocycles. The zero-order valence-electron chi connectivity index (χ0n) is 11.1. The molecule has 21 heavy (non-hydrogen) atoms. The Bertz CT molecular complexity index is 739. The van der Waals surface area contributed by atoms with Gasteiger partial charge in [-0.05, 0) is 67.8 Å². The number of H-pyrrole nitrogens is 1. The van der Waals surface area contributed by atoms with E-state index in [1.807, 2.05) is 18.2 Å². The van der Waals surface area contributed by atoms with E-state index in [4.69, 9.17) is 0 Å². The molecule has 0 amide bonds. The van der Waals surface area contributed by atoms with Gasteiger partial charge in [-0.3, -0.25) is 5.10 Å². The maximum atomic E-state index is 3.98. The number of nitrogens with one attached hydrogen (secondary N) is 2. The number of hydrogen-bond donors (Lipinski definition) is 2. The van der Waals surface area contributed by atoms with E-state index in [-0.39, 0.29) is 0 Å². The lowest BCUT2D eigenvalue weighted by molar-refractivity contribution is 1.09. The average Bonchev–Trinajstić information content (AvgIpc) is 3.03. The summed E-state index contributed by atoms with van der Waals surface area (Å²) in [6.45, 7) is 0.776. The molecule has 0 aliphatic carbocycles. The van der Waals surface area contributed by atoms with E-state index in [0.29, 0.717) is 0 Å². The summed E-state index contributed by atoms with van der Waals surface area (Å²) in [4.78, 5) is 0. The number of halogens is 2. The monoisotopic (exact) mass is 405 g/mol. The number of hydrogen-bond acceptors (Lipinski definition) is 2. The minimum Gasteiger partial charge on any atom is -0.381 e. The van der Waals surface area contributed by atoms with Crippen LogP contribution in [0.4, 0.5) is 5.69 Å². The van der Waals surface area contributed by atoms with Gasteiger partial charge in [0.2, 0.25) is 0 Å². The van der Waals surface area contributed by atoms with Crippen molar-refractivity contribution in [3.63, 3.8) is 0 Å². The smallest absolute Gasteiger partial charge is 0.0650 e. The molecule has 0 saturated heterocycles. The van der Waals surface area contributed by atoms with Crippen molar-refractivity contribution in [1.82, 2.24) is 10.2 Å². The zero-order chi connectivity index (χ0) is 14.7. The summed E-state index contributed by atoms with van der Waals surface area (Å²) in [6, 6.07) is 16.5. The molecule has 0 aliphatic rings. The van der Waals surface area contributed by atoms with Gasteiger partial charge in [0.1, 0.15) is 0 Å². The van der Waals surface area contributed by atoms with Crippen LogP contribution < -0.4 is 5.32 Å². The minimum absolute atomic E-state index is 0.776. The third kappa shape index (κ3) is 3.54. The number of benzene rings is 2. The summed E-state index contributed by atoms with van der Waals surface area (Å²) >= 11 is 7.00. The first-order valence-corrected chi connectivity index (χ1v) is 8.08. The summed E-state index contributed by atoms with van der Waals surface area (Å²) in [7, 11) is 0. The van der Waals surface area contributed by atoms with Gasteiger partial charge in [0, 0.05) is 32.9 Å². The van der Waals surface area contributed by atoms with Crippen LogP contribution in [0.15, 0.2) is 63.7 Å². The lowest BCUT2D eigenvalue weighted by atomic mass is 10.1. The van der Waals surface area contributed by atoms with E-state index >= 15 is 0 Å². The molecule has 0 unspecified atom stereocenters. The van der Waals surface area contributed by atoms with Crippen LogP contribution in [0.3, 0.4) is 0 Å². The van der Waals surface area contributed by atoms with Crippen molar-refractivity contribution < 1.29 is 0 Å². The summed E-state index contributed by atoms with van der Waals surface area (Å²) in [5, 5.41) is 10.4. The maximum absolute atomic E-state index is 3.98. The summed E-state index contributed by atoms with van der Waals surface area (Å²) in [5.41, 5.74) is 4.44. The maximum Gasteiger partial charge on any atom is 0.0650 e. The lowest BCUT2D eigenvalue weighted by Crippen LogP contribution is -1.99. The normalized spacial score (nSPS) is 10.6. The van der Waals surface area contributed by atoms with Crippen LogP contribution in [0.2, 0.25) is 0 Å². The van der Waals surface area contributed by atoms with Gasteiger partial charge < -0.3 is 5.32 Å². The van der Waals surface area contributed by atoms with Gasteiger partial charge in [0.05, 0.1) is 5.69 Å². The topological polar surface area (TPSA) is 40.7 Å². The van der Waals surface area contributed by atoms with E-state index in [1.54, 1.807) is 6.20 Å². The molecular formula is C16H13Br2N3. The van der Waals surface area contributed by atoms with E-state index in [0.717, 1.165) is 32.4 Å². The second-order valence-electron chi connectivity index (χ2n) is 4.65. The van der Waals surface area contributed by atoms with Crippen LogP contribution in [-0.2, 0) is 6.54 Å². The van der Waals surface area contributed by atoms with E-state index in [2.05, 4.69) is 77.7 Å². The second-order valence-corrected chi connectivity index (χ2v) is 6.36. The van der Waals surface area contributed by atoms with Crippen molar-refractivity contribution in [2.75, 3.05) is 5.32 Å². The molecule has 106 valence electrons. The van der Waals surface area contributed by atoms with Gasteiger partial charge in [-0.25, -0.2) is 0 Å². The Kier molecular flexibility index (Phi) is 4.41. The van der Waals surface area contributed by atoms with Crippen LogP contribution in [-0.4, -0.2) is 10.2 Å². The quantitative estimate of drug-likeness (QED) is 0.623. The van der Waals surface area contributed by atoms with Crippen LogP contribution in [0.25, 0.3) is 11.3 Å². The Hall–Kier alpha value is -1.59. The molecule has 0 bridgehead atoms. The van der Waals surface area contributed by atoms with Crippen LogP contribution in [0.1, 0.15) is 5.56 Å². The number of aromatic nitrogens is 2. The number of anilines is 1. The van der Waals surface area contributed by atoms with Crippen molar-refractivity contribution in [2.24, 2.45) is 0 Å². The van der Waals surface area contributed by atoms with Crippen molar-refractivity contribution in [3.8, 4) is 11.3 Å². The standard InChI is InChI=1S/C16H13Br2N3/c17-14-5-4-11(8-15(14)18)10-19-13-3-1-2-12(9-13)16-6-7-20-21-16/h1-9,19H,10H2,(H,20,21). The number of aromatic amines is 1. The van der Waals surface area contributed by atoms with Crippen LogP contribution >= 0.6 is 31.9 Å². The van der Waals surface area contributed by atoms with Crippen LogP contribution in [0, 0.1) is 0 Å². The molecule has 0 radical (unpaired) electrons. The highest BCUT2D eigenvalue weighted by atomic mass is 79.9. The van der Waals surface area contributed by atoms with Crippen molar-refractivity contribution in [1.29, 1.82) is 0 Å². The van der Waals surface area contributed by atoms with Crippen molar-refractivity contribution >= 4 is 37.5 Å². The molecule has 0 aliphatic heterocycles. The van der Waals surface area contributed by atoms with Crippen molar-refractivity contribution in [2.45, 2.75) is 6.54 Å². The Morgan fingerprint density at radius 3 is 2.67 bits per heavy atom. The molecule has 2 N–H and O–H groups in total. The molecule has 3 aromatic rings. The van der Waals surface area contributed by atoms with Gasteiger partial charge in [0.15, 0.2) is 0 Å². The fourth-order valence-corrected chi connectivity index (χ4v) is 2.74. The van der Waals surface area contributed by atoms with Gasteiger partial charge >= 0.3 is 0 Å². The average molecular weight is 407 g/mol. The highest BCUT2D eigenvalue weighted by molar-refractivity contribution is 9.13. The molecule has 3 rings (SSSR count). The third-order valence-electron chi connectivity index (χ3n) is 3.15. The fourth-order valence-electron chi connectivity index (χ4n) is 2.07. The van der Waals surface area contributed by atoms with Gasteiger partial charge in [-0.2, -0.15) is 5.10 Å². The van der Waals surface area contributed by atoms with Gasteiger partial charge in [0.25, 0.3) is 0 Å². The molecule has 0 atom stereocenters. The van der Waals surface area contributed by atoms with E-state index in [1.165, 1.54) is 5.56 Å². The summed E-state index contributed by atoms with van der Waals surface area (Å²) in [6.07, 6.45) is 1.76.